The second-order valence-corrected chi connectivity index (χ2v) is 4.99. The smallest absolute Gasteiger partial charge is 0.119 e. The maximum absolute atomic E-state index is 9.74. The zero-order valence-electron chi connectivity index (χ0n) is 12.2. The fourth-order valence-corrected chi connectivity index (χ4v) is 2.48. The minimum atomic E-state index is -0.0638. The Bertz CT molecular complexity index is 805. The summed E-state index contributed by atoms with van der Waals surface area (Å²) in [5.41, 5.74) is 8.45. The molecule has 0 unspecified atom stereocenters. The van der Waals surface area contributed by atoms with E-state index in [1.54, 1.807) is 26.5 Å². The Morgan fingerprint density at radius 2 is 1.59 bits per heavy atom. The second-order valence-electron chi connectivity index (χ2n) is 4.58. The molecular weight excluding hydrogens is 300 g/mol. The van der Waals surface area contributed by atoms with Crippen LogP contribution in [0.4, 0.5) is 5.82 Å². The molecule has 1 heterocycles. The summed E-state index contributed by atoms with van der Waals surface area (Å²) >= 11 is 5.31. The van der Waals surface area contributed by atoms with Crippen molar-refractivity contribution >= 4 is 30.5 Å². The zero-order valence-corrected chi connectivity index (χ0v) is 13.0. The maximum atomic E-state index is 9.74. The summed E-state index contributed by atoms with van der Waals surface area (Å²) in [4.78, 5) is 10.9. The number of nitrogen functional groups attached to an aromatic ring is 1. The molecule has 22 heavy (non-hydrogen) atoms. The summed E-state index contributed by atoms with van der Waals surface area (Å²) in [6.45, 7) is 0. The van der Waals surface area contributed by atoms with Crippen LogP contribution in [-0.4, -0.2) is 41.7 Å². The molecule has 1 aromatic heterocycles. The molecule has 0 fully saturated rings. The maximum Gasteiger partial charge on any atom is 0.119 e. The lowest BCUT2D eigenvalue weighted by molar-refractivity contribution is 0.451. The van der Waals surface area contributed by atoms with E-state index in [4.69, 9.17) is 18.0 Å². The number of rotatable bonds is 3. The normalized spacial score (nSPS) is 11.5. The van der Waals surface area contributed by atoms with E-state index in [-0.39, 0.29) is 11.5 Å². The molecule has 0 aliphatic heterocycles. The highest BCUT2D eigenvalue weighted by Crippen LogP contribution is 2.34. The molecule has 2 aromatic rings. The van der Waals surface area contributed by atoms with Crippen molar-refractivity contribution in [3.63, 3.8) is 0 Å². The summed E-state index contributed by atoms with van der Waals surface area (Å²) in [5, 5.41) is 19.5. The topological polar surface area (TPSA) is 107 Å². The lowest BCUT2D eigenvalue weighted by Crippen LogP contribution is -2.05. The fraction of sp³-hybridized carbons (Fsp3) is 0.133. The third-order valence-corrected chi connectivity index (χ3v) is 3.35. The molecule has 0 spiro atoms. The van der Waals surface area contributed by atoms with Gasteiger partial charge in [0.2, 0.25) is 0 Å². The first-order valence-corrected chi connectivity index (χ1v) is 6.82. The van der Waals surface area contributed by atoms with E-state index in [0.717, 1.165) is 0 Å². The molecule has 0 atom stereocenters. The highest BCUT2D eigenvalue weighted by Gasteiger charge is 2.15. The molecule has 2 rings (SSSR count). The molecule has 0 aliphatic carbocycles. The number of phenolic OH excluding ortho intramolecular Hbond substituents is 2. The van der Waals surface area contributed by atoms with Crippen molar-refractivity contribution in [2.24, 2.45) is 9.98 Å². The van der Waals surface area contributed by atoms with Crippen molar-refractivity contribution in [3.05, 3.63) is 34.0 Å². The Hall–Kier alpha value is -2.67. The summed E-state index contributed by atoms with van der Waals surface area (Å²) in [6, 6.07) is 4.28. The molecular formula is C15H16N4O2S. The number of benzene rings is 1. The molecule has 0 amide bonds. The van der Waals surface area contributed by atoms with E-state index in [1.807, 2.05) is 0 Å². The standard InChI is InChI=1S/C15H16N4O2S/c1-17-6-11-13(8-3-9(20)5-10(21)4-8)12(7-18-2)15(22)19-14(11)16/h3-7,20-21H,1-2H3,(H3,16,19,22). The quantitative estimate of drug-likeness (QED) is 0.515. The number of aromatic amines is 1. The first kappa shape index (κ1) is 15.7. The molecule has 6 nitrogen and oxygen atoms in total. The SMILES string of the molecule is CN=Cc1c(N)[nH]c(=S)c(C=NC)c1-c1cc(O)cc(O)c1. The predicted octanol–water partition coefficient (Wildman–Crippen LogP) is 2.50. The number of H-pyrrole nitrogens is 1. The van der Waals surface area contributed by atoms with Crippen molar-refractivity contribution in [3.8, 4) is 22.6 Å². The predicted molar refractivity (Wildman–Crippen MR) is 91.8 cm³/mol. The van der Waals surface area contributed by atoms with Crippen LogP contribution in [0.3, 0.4) is 0 Å². The van der Waals surface area contributed by atoms with Crippen molar-refractivity contribution in [2.75, 3.05) is 19.8 Å². The molecule has 1 aromatic carbocycles. The minimum absolute atomic E-state index is 0.0638. The number of aliphatic imine (C=N–C) groups is 2. The fourth-order valence-electron chi connectivity index (χ4n) is 2.22. The number of nitrogens with one attached hydrogen (secondary N) is 1. The van der Waals surface area contributed by atoms with Crippen molar-refractivity contribution < 1.29 is 10.2 Å². The summed E-state index contributed by atoms with van der Waals surface area (Å²) in [5.74, 6) is 0.221. The van der Waals surface area contributed by atoms with Crippen molar-refractivity contribution in [1.82, 2.24) is 4.98 Å². The van der Waals surface area contributed by atoms with Crippen LogP contribution in [0.15, 0.2) is 28.2 Å². The van der Waals surface area contributed by atoms with E-state index in [2.05, 4.69) is 15.0 Å². The van der Waals surface area contributed by atoms with E-state index in [9.17, 15) is 10.2 Å². The van der Waals surface area contributed by atoms with Crippen LogP contribution in [0, 0.1) is 4.64 Å². The van der Waals surface area contributed by atoms with Gasteiger partial charge in [-0.2, -0.15) is 0 Å². The van der Waals surface area contributed by atoms with Crippen LogP contribution in [0.2, 0.25) is 0 Å². The van der Waals surface area contributed by atoms with Crippen LogP contribution in [0.5, 0.6) is 11.5 Å². The summed E-state index contributed by atoms with van der Waals surface area (Å²) < 4.78 is 0.411. The van der Waals surface area contributed by atoms with Gasteiger partial charge in [-0.15, -0.1) is 0 Å². The lowest BCUT2D eigenvalue weighted by atomic mass is 9.96. The molecule has 0 aliphatic rings. The third kappa shape index (κ3) is 2.99. The lowest BCUT2D eigenvalue weighted by Gasteiger charge is -2.14. The van der Waals surface area contributed by atoms with Crippen molar-refractivity contribution in [1.29, 1.82) is 0 Å². The van der Waals surface area contributed by atoms with E-state index in [1.165, 1.54) is 18.2 Å². The van der Waals surface area contributed by atoms with Gasteiger partial charge in [0.25, 0.3) is 0 Å². The van der Waals surface area contributed by atoms with Gasteiger partial charge in [0.15, 0.2) is 0 Å². The number of pyridine rings is 1. The van der Waals surface area contributed by atoms with Gasteiger partial charge in [0.05, 0.1) is 0 Å². The average Bonchev–Trinajstić information content (AvgIpc) is 2.43. The van der Waals surface area contributed by atoms with Gasteiger partial charge in [-0.1, -0.05) is 12.2 Å². The first-order chi connectivity index (χ1) is 10.5. The minimum Gasteiger partial charge on any atom is -0.508 e. The average molecular weight is 316 g/mol. The van der Waals surface area contributed by atoms with Crippen LogP contribution in [0.1, 0.15) is 11.1 Å². The van der Waals surface area contributed by atoms with Gasteiger partial charge in [-0.25, -0.2) is 0 Å². The van der Waals surface area contributed by atoms with Gasteiger partial charge in [-0.3, -0.25) is 9.98 Å². The van der Waals surface area contributed by atoms with Crippen LogP contribution in [0.25, 0.3) is 11.1 Å². The Morgan fingerprint density at radius 1 is 1.05 bits per heavy atom. The van der Waals surface area contributed by atoms with Crippen LogP contribution >= 0.6 is 12.2 Å². The Kier molecular flexibility index (Phi) is 4.57. The monoisotopic (exact) mass is 316 g/mol. The summed E-state index contributed by atoms with van der Waals surface area (Å²) in [6.07, 6.45) is 3.19. The molecule has 114 valence electrons. The number of nitrogens with zero attached hydrogens (tertiary/aromatic N) is 2. The first-order valence-electron chi connectivity index (χ1n) is 6.41. The number of hydrogen-bond acceptors (Lipinski definition) is 6. The number of phenols is 2. The number of anilines is 1. The third-order valence-electron chi connectivity index (χ3n) is 3.03. The highest BCUT2D eigenvalue weighted by atomic mass is 32.1. The molecule has 0 saturated carbocycles. The van der Waals surface area contributed by atoms with E-state index >= 15 is 0 Å². The van der Waals surface area contributed by atoms with E-state index in [0.29, 0.717) is 32.7 Å². The largest absolute Gasteiger partial charge is 0.508 e. The zero-order chi connectivity index (χ0) is 16.3. The van der Waals surface area contributed by atoms with Gasteiger partial charge in [-0.05, 0) is 17.7 Å². The van der Waals surface area contributed by atoms with Crippen LogP contribution in [-0.2, 0) is 0 Å². The Balaban J connectivity index is 2.94. The Morgan fingerprint density at radius 3 is 2.14 bits per heavy atom. The number of nitrogens with two attached hydrogens (primary N) is 1. The number of hydrogen-bond donors (Lipinski definition) is 4. The Labute approximate surface area is 132 Å². The molecule has 5 N–H and O–H groups in total. The highest BCUT2D eigenvalue weighted by molar-refractivity contribution is 7.71. The second kappa shape index (κ2) is 6.40. The van der Waals surface area contributed by atoms with Gasteiger partial charge in [0, 0.05) is 49.3 Å². The number of aromatic hydroxyl groups is 2. The van der Waals surface area contributed by atoms with Crippen molar-refractivity contribution in [2.45, 2.75) is 0 Å². The van der Waals surface area contributed by atoms with Gasteiger partial charge >= 0.3 is 0 Å². The van der Waals surface area contributed by atoms with Gasteiger partial charge in [0.1, 0.15) is 22.0 Å². The number of aromatic nitrogens is 1. The molecule has 0 saturated heterocycles. The molecule has 7 heteroatoms. The molecule has 0 radical (unpaired) electrons. The molecule has 0 bridgehead atoms. The van der Waals surface area contributed by atoms with Gasteiger partial charge < -0.3 is 20.9 Å². The van der Waals surface area contributed by atoms with E-state index < -0.39 is 0 Å². The van der Waals surface area contributed by atoms with Crippen LogP contribution < -0.4 is 5.73 Å². The summed E-state index contributed by atoms with van der Waals surface area (Å²) in [7, 11) is 3.25.